The second-order valence-electron chi connectivity index (χ2n) is 6.14. The summed E-state index contributed by atoms with van der Waals surface area (Å²) < 4.78 is 0. The zero-order valence-corrected chi connectivity index (χ0v) is 12.5. The van der Waals surface area contributed by atoms with Gasteiger partial charge in [-0.1, -0.05) is 11.3 Å². The zero-order valence-electron chi connectivity index (χ0n) is 11.6. The summed E-state index contributed by atoms with van der Waals surface area (Å²) in [5.41, 5.74) is 1.53. The third-order valence-electron chi connectivity index (χ3n) is 4.53. The molecule has 0 aliphatic carbocycles. The molecular formula is C14H21N3O2S. The minimum Gasteiger partial charge on any atom is -0.316 e. The van der Waals surface area contributed by atoms with E-state index in [0.29, 0.717) is 5.41 Å². The molecule has 0 saturated carbocycles. The lowest BCUT2D eigenvalue weighted by molar-refractivity contribution is -0.380. The fourth-order valence-corrected chi connectivity index (χ4v) is 4.34. The zero-order chi connectivity index (χ0) is 14.0. The summed E-state index contributed by atoms with van der Waals surface area (Å²) in [4.78, 5) is 12.9. The molecule has 2 aliphatic heterocycles. The van der Waals surface area contributed by atoms with Gasteiger partial charge in [-0.05, 0) is 49.8 Å². The first-order valence-corrected chi connectivity index (χ1v) is 8.20. The van der Waals surface area contributed by atoms with Gasteiger partial charge < -0.3 is 5.32 Å². The van der Waals surface area contributed by atoms with Crippen molar-refractivity contribution in [3.8, 4) is 0 Å². The monoisotopic (exact) mass is 295 g/mol. The average molecular weight is 295 g/mol. The molecule has 1 N–H and O–H groups in total. The van der Waals surface area contributed by atoms with E-state index < -0.39 is 0 Å². The van der Waals surface area contributed by atoms with Crippen molar-refractivity contribution in [3.63, 3.8) is 0 Å². The summed E-state index contributed by atoms with van der Waals surface area (Å²) in [5.74, 6) is 0. The van der Waals surface area contributed by atoms with Gasteiger partial charge in [0.15, 0.2) is 0 Å². The molecule has 3 rings (SSSR count). The lowest BCUT2D eigenvalue weighted by Gasteiger charge is -2.45. The van der Waals surface area contributed by atoms with Gasteiger partial charge in [0.2, 0.25) is 0 Å². The van der Waals surface area contributed by atoms with Crippen molar-refractivity contribution in [2.24, 2.45) is 5.41 Å². The summed E-state index contributed by atoms with van der Waals surface area (Å²) in [6.07, 6.45) is 5.16. The smallest absolute Gasteiger partial charge is 0.316 e. The fourth-order valence-electron chi connectivity index (χ4n) is 3.62. The molecule has 0 radical (unpaired) electrons. The number of rotatable bonds is 3. The molecule has 2 fully saturated rings. The molecule has 6 heteroatoms. The van der Waals surface area contributed by atoms with Crippen molar-refractivity contribution in [1.82, 2.24) is 10.2 Å². The van der Waals surface area contributed by atoms with Gasteiger partial charge in [0.05, 0.1) is 4.92 Å². The Balaban J connectivity index is 1.63. The average Bonchev–Trinajstić information content (AvgIpc) is 2.88. The first-order chi connectivity index (χ1) is 9.67. The Bertz CT molecular complexity index is 477. The number of thiophene rings is 1. The quantitative estimate of drug-likeness (QED) is 0.688. The molecular weight excluding hydrogens is 274 g/mol. The minimum atomic E-state index is -0.295. The highest BCUT2D eigenvalue weighted by atomic mass is 32.1. The predicted molar refractivity (Wildman–Crippen MR) is 80.0 cm³/mol. The van der Waals surface area contributed by atoms with Gasteiger partial charge in [0.25, 0.3) is 0 Å². The van der Waals surface area contributed by atoms with Crippen LogP contribution in [0.2, 0.25) is 0 Å². The fraction of sp³-hybridized carbons (Fsp3) is 0.714. The van der Waals surface area contributed by atoms with Gasteiger partial charge >= 0.3 is 5.00 Å². The number of nitro groups is 1. The number of hydrogen-bond donors (Lipinski definition) is 1. The van der Waals surface area contributed by atoms with Crippen LogP contribution in [-0.4, -0.2) is 36.0 Å². The summed E-state index contributed by atoms with van der Waals surface area (Å²) in [5, 5.41) is 16.5. The Morgan fingerprint density at radius 2 is 2.30 bits per heavy atom. The van der Waals surface area contributed by atoms with Crippen molar-refractivity contribution in [3.05, 3.63) is 27.1 Å². The van der Waals surface area contributed by atoms with Crippen LogP contribution in [0.4, 0.5) is 5.00 Å². The van der Waals surface area contributed by atoms with Gasteiger partial charge in [-0.25, -0.2) is 0 Å². The third kappa shape index (κ3) is 3.02. The molecule has 110 valence electrons. The second kappa shape index (κ2) is 5.79. The van der Waals surface area contributed by atoms with Gasteiger partial charge in [-0.15, -0.1) is 0 Å². The molecule has 0 bridgehead atoms. The van der Waals surface area contributed by atoms with Crippen LogP contribution in [-0.2, 0) is 6.54 Å². The van der Waals surface area contributed by atoms with Gasteiger partial charge in [0.1, 0.15) is 0 Å². The Labute approximate surface area is 123 Å². The van der Waals surface area contributed by atoms with E-state index in [-0.39, 0.29) is 9.92 Å². The van der Waals surface area contributed by atoms with E-state index in [2.05, 4.69) is 10.2 Å². The topological polar surface area (TPSA) is 58.4 Å². The summed E-state index contributed by atoms with van der Waals surface area (Å²) in [6, 6.07) is 1.73. The van der Waals surface area contributed by atoms with Crippen LogP contribution in [0.25, 0.3) is 0 Å². The SMILES string of the molecule is O=[N+]([O-])c1cc(CN2CCCC3(CCCNC3)C2)cs1. The Morgan fingerprint density at radius 1 is 1.45 bits per heavy atom. The van der Waals surface area contributed by atoms with Crippen molar-refractivity contribution in [2.75, 3.05) is 26.2 Å². The normalized spacial score (nSPS) is 27.8. The molecule has 5 nitrogen and oxygen atoms in total. The van der Waals surface area contributed by atoms with E-state index in [4.69, 9.17) is 0 Å². The molecule has 1 aromatic rings. The lowest BCUT2D eigenvalue weighted by atomic mass is 9.74. The number of piperidine rings is 2. The van der Waals surface area contributed by atoms with E-state index in [1.165, 1.54) is 37.0 Å². The Hall–Kier alpha value is -0.980. The van der Waals surface area contributed by atoms with E-state index >= 15 is 0 Å². The van der Waals surface area contributed by atoms with Crippen LogP contribution in [0.15, 0.2) is 11.4 Å². The highest BCUT2D eigenvalue weighted by molar-refractivity contribution is 7.13. The summed E-state index contributed by atoms with van der Waals surface area (Å²) >= 11 is 1.24. The molecule has 2 saturated heterocycles. The number of nitrogens with one attached hydrogen (secondary N) is 1. The van der Waals surface area contributed by atoms with Crippen molar-refractivity contribution in [1.29, 1.82) is 0 Å². The maximum absolute atomic E-state index is 10.7. The molecule has 0 amide bonds. The van der Waals surface area contributed by atoms with E-state index in [1.54, 1.807) is 6.07 Å². The molecule has 3 heterocycles. The maximum Gasteiger partial charge on any atom is 0.324 e. The number of hydrogen-bond acceptors (Lipinski definition) is 5. The predicted octanol–water partition coefficient (Wildman–Crippen LogP) is 2.62. The first kappa shape index (κ1) is 14.0. The van der Waals surface area contributed by atoms with Gasteiger partial charge in [0, 0.05) is 31.1 Å². The summed E-state index contributed by atoms with van der Waals surface area (Å²) in [7, 11) is 0. The highest BCUT2D eigenvalue weighted by Gasteiger charge is 2.36. The lowest BCUT2D eigenvalue weighted by Crippen LogP contribution is -2.50. The van der Waals surface area contributed by atoms with Crippen LogP contribution in [0.1, 0.15) is 31.2 Å². The Morgan fingerprint density at radius 3 is 3.00 bits per heavy atom. The number of likely N-dealkylation sites (tertiary alicyclic amines) is 1. The van der Waals surface area contributed by atoms with Crippen LogP contribution in [0.3, 0.4) is 0 Å². The van der Waals surface area contributed by atoms with Crippen LogP contribution in [0, 0.1) is 15.5 Å². The third-order valence-corrected chi connectivity index (χ3v) is 5.46. The van der Waals surface area contributed by atoms with Crippen molar-refractivity contribution < 1.29 is 4.92 Å². The van der Waals surface area contributed by atoms with Gasteiger partial charge in [-0.3, -0.25) is 15.0 Å². The molecule has 0 aromatic carbocycles. The molecule has 1 spiro atoms. The second-order valence-corrected chi connectivity index (χ2v) is 7.03. The van der Waals surface area contributed by atoms with E-state index in [1.807, 2.05) is 5.38 Å². The molecule has 1 unspecified atom stereocenters. The standard InChI is InChI=1S/C14H21N3O2S/c18-17(19)13-7-12(9-20-13)8-16-6-2-4-14(11-16)3-1-5-15-10-14/h7,9,15H,1-6,8,10-11H2. The van der Waals surface area contributed by atoms with E-state index in [9.17, 15) is 10.1 Å². The van der Waals surface area contributed by atoms with Crippen molar-refractivity contribution in [2.45, 2.75) is 32.2 Å². The number of nitrogens with zero attached hydrogens (tertiary/aromatic N) is 2. The first-order valence-electron chi connectivity index (χ1n) is 7.32. The van der Waals surface area contributed by atoms with Crippen molar-refractivity contribution >= 4 is 16.3 Å². The highest BCUT2D eigenvalue weighted by Crippen LogP contribution is 2.36. The van der Waals surface area contributed by atoms with Gasteiger partial charge in [-0.2, -0.15) is 0 Å². The largest absolute Gasteiger partial charge is 0.324 e. The van der Waals surface area contributed by atoms with Crippen LogP contribution < -0.4 is 5.32 Å². The molecule has 1 atom stereocenters. The summed E-state index contributed by atoms with van der Waals surface area (Å²) in [6.45, 7) is 5.38. The van der Waals surface area contributed by atoms with Crippen LogP contribution in [0.5, 0.6) is 0 Å². The molecule has 1 aromatic heterocycles. The van der Waals surface area contributed by atoms with Crippen LogP contribution >= 0.6 is 11.3 Å². The Kier molecular flexibility index (Phi) is 4.05. The molecule has 2 aliphatic rings. The maximum atomic E-state index is 10.7. The minimum absolute atomic E-state index is 0.256. The van der Waals surface area contributed by atoms with E-state index in [0.717, 1.165) is 38.3 Å². The molecule has 20 heavy (non-hydrogen) atoms.